The van der Waals surface area contributed by atoms with Crippen LogP contribution in [0.25, 0.3) is 0 Å². The standard InChI is InChI=1S/C13H15BrN2O2/c1-9-4-5-10(14)11(7-9)15-12(17)8-16-6-2-3-13(16)18/h4-5,7H,2-3,6,8H2,1H3,(H,15,17). The molecule has 0 saturated carbocycles. The smallest absolute Gasteiger partial charge is 0.244 e. The van der Waals surface area contributed by atoms with E-state index in [0.29, 0.717) is 13.0 Å². The van der Waals surface area contributed by atoms with Crippen LogP contribution in [0.3, 0.4) is 0 Å². The summed E-state index contributed by atoms with van der Waals surface area (Å²) in [6.07, 6.45) is 1.40. The van der Waals surface area contributed by atoms with Gasteiger partial charge in [-0.05, 0) is 47.0 Å². The van der Waals surface area contributed by atoms with Crippen molar-refractivity contribution < 1.29 is 9.59 Å². The summed E-state index contributed by atoms with van der Waals surface area (Å²) in [6, 6.07) is 5.75. The number of halogens is 1. The van der Waals surface area contributed by atoms with Gasteiger partial charge in [0, 0.05) is 17.4 Å². The van der Waals surface area contributed by atoms with Crippen LogP contribution < -0.4 is 5.32 Å². The van der Waals surface area contributed by atoms with Gasteiger partial charge in [-0.3, -0.25) is 9.59 Å². The molecule has 1 aromatic rings. The van der Waals surface area contributed by atoms with Gasteiger partial charge in [0.25, 0.3) is 0 Å². The quantitative estimate of drug-likeness (QED) is 0.931. The van der Waals surface area contributed by atoms with E-state index in [1.54, 1.807) is 4.90 Å². The molecule has 96 valence electrons. The SMILES string of the molecule is Cc1ccc(Br)c(NC(=O)CN2CCCC2=O)c1. The Morgan fingerprint density at radius 1 is 1.50 bits per heavy atom. The van der Waals surface area contributed by atoms with E-state index in [0.717, 1.165) is 22.1 Å². The summed E-state index contributed by atoms with van der Waals surface area (Å²) in [5.74, 6) is -0.0926. The summed E-state index contributed by atoms with van der Waals surface area (Å²) in [5.41, 5.74) is 1.82. The third kappa shape index (κ3) is 3.10. The van der Waals surface area contributed by atoms with Crippen molar-refractivity contribution in [3.63, 3.8) is 0 Å². The number of benzene rings is 1. The van der Waals surface area contributed by atoms with Crippen LogP contribution in [0, 0.1) is 6.92 Å². The zero-order valence-electron chi connectivity index (χ0n) is 10.2. The summed E-state index contributed by atoms with van der Waals surface area (Å²) >= 11 is 3.39. The second-order valence-electron chi connectivity index (χ2n) is 4.45. The summed E-state index contributed by atoms with van der Waals surface area (Å²) < 4.78 is 0.842. The van der Waals surface area contributed by atoms with Crippen molar-refractivity contribution in [3.05, 3.63) is 28.2 Å². The molecule has 0 spiro atoms. The predicted molar refractivity (Wildman–Crippen MR) is 73.3 cm³/mol. The third-order valence-electron chi connectivity index (χ3n) is 2.90. The van der Waals surface area contributed by atoms with Crippen LogP contribution >= 0.6 is 15.9 Å². The lowest BCUT2D eigenvalue weighted by atomic mass is 10.2. The number of nitrogens with one attached hydrogen (secondary N) is 1. The van der Waals surface area contributed by atoms with Gasteiger partial charge >= 0.3 is 0 Å². The summed E-state index contributed by atoms with van der Waals surface area (Å²) in [7, 11) is 0. The zero-order chi connectivity index (χ0) is 13.1. The van der Waals surface area contributed by atoms with Crippen LogP contribution in [0.5, 0.6) is 0 Å². The molecule has 1 aliphatic heterocycles. The fraction of sp³-hybridized carbons (Fsp3) is 0.385. The monoisotopic (exact) mass is 310 g/mol. The molecule has 0 radical (unpaired) electrons. The number of hydrogen-bond acceptors (Lipinski definition) is 2. The average Bonchev–Trinajstić information content (AvgIpc) is 2.70. The van der Waals surface area contributed by atoms with Crippen molar-refractivity contribution in [1.82, 2.24) is 4.90 Å². The molecule has 1 aromatic carbocycles. The molecule has 5 heteroatoms. The molecule has 1 saturated heterocycles. The number of likely N-dealkylation sites (tertiary alicyclic amines) is 1. The minimum atomic E-state index is -0.156. The first kappa shape index (κ1) is 13.1. The van der Waals surface area contributed by atoms with E-state index < -0.39 is 0 Å². The van der Waals surface area contributed by atoms with Gasteiger partial charge in [-0.25, -0.2) is 0 Å². The van der Waals surface area contributed by atoms with Gasteiger partial charge in [-0.2, -0.15) is 0 Å². The van der Waals surface area contributed by atoms with Gasteiger partial charge in [0.2, 0.25) is 11.8 Å². The Labute approximate surface area is 114 Å². The lowest BCUT2D eigenvalue weighted by Crippen LogP contribution is -2.34. The van der Waals surface area contributed by atoms with E-state index in [-0.39, 0.29) is 18.4 Å². The van der Waals surface area contributed by atoms with E-state index in [1.807, 2.05) is 25.1 Å². The lowest BCUT2D eigenvalue weighted by Gasteiger charge is -2.15. The topological polar surface area (TPSA) is 49.4 Å². The van der Waals surface area contributed by atoms with Gasteiger partial charge in [0.15, 0.2) is 0 Å². The fourth-order valence-corrected chi connectivity index (χ4v) is 2.31. The van der Waals surface area contributed by atoms with Gasteiger partial charge in [-0.1, -0.05) is 6.07 Å². The average molecular weight is 311 g/mol. The normalized spacial score (nSPS) is 15.0. The number of carbonyl (C=O) groups excluding carboxylic acids is 2. The van der Waals surface area contributed by atoms with Crippen molar-refractivity contribution in [2.45, 2.75) is 19.8 Å². The summed E-state index contributed by atoms with van der Waals surface area (Å²) in [5, 5.41) is 2.82. The Morgan fingerprint density at radius 2 is 2.28 bits per heavy atom. The molecular formula is C13H15BrN2O2. The molecule has 1 aliphatic rings. The van der Waals surface area contributed by atoms with Crippen LogP contribution in [0.15, 0.2) is 22.7 Å². The maximum Gasteiger partial charge on any atom is 0.244 e. The molecule has 1 N–H and O–H groups in total. The number of rotatable bonds is 3. The number of anilines is 1. The summed E-state index contributed by atoms with van der Waals surface area (Å²) in [6.45, 7) is 2.78. The second-order valence-corrected chi connectivity index (χ2v) is 5.30. The van der Waals surface area contributed by atoms with E-state index in [1.165, 1.54) is 0 Å². The molecular weight excluding hydrogens is 296 g/mol. The molecule has 2 rings (SSSR count). The van der Waals surface area contributed by atoms with Crippen molar-refractivity contribution >= 4 is 33.4 Å². The molecule has 0 aromatic heterocycles. The highest BCUT2D eigenvalue weighted by Crippen LogP contribution is 2.23. The second kappa shape index (κ2) is 5.52. The van der Waals surface area contributed by atoms with Gasteiger partial charge in [0.05, 0.1) is 12.2 Å². The van der Waals surface area contributed by atoms with E-state index >= 15 is 0 Å². The van der Waals surface area contributed by atoms with Crippen molar-refractivity contribution in [2.24, 2.45) is 0 Å². The molecule has 18 heavy (non-hydrogen) atoms. The van der Waals surface area contributed by atoms with Crippen LogP contribution in [0.1, 0.15) is 18.4 Å². The van der Waals surface area contributed by atoms with Crippen LogP contribution in [-0.4, -0.2) is 29.8 Å². The van der Waals surface area contributed by atoms with Crippen molar-refractivity contribution in [3.8, 4) is 0 Å². The Morgan fingerprint density at radius 3 is 2.94 bits per heavy atom. The minimum absolute atomic E-state index is 0.0634. The highest BCUT2D eigenvalue weighted by atomic mass is 79.9. The predicted octanol–water partition coefficient (Wildman–Crippen LogP) is 2.32. The van der Waals surface area contributed by atoms with Crippen LogP contribution in [-0.2, 0) is 9.59 Å². The lowest BCUT2D eigenvalue weighted by molar-refractivity contribution is -0.131. The number of hydrogen-bond donors (Lipinski definition) is 1. The maximum absolute atomic E-state index is 11.9. The molecule has 0 bridgehead atoms. The maximum atomic E-state index is 11.9. The molecule has 0 aliphatic carbocycles. The van der Waals surface area contributed by atoms with Gasteiger partial charge < -0.3 is 10.2 Å². The number of nitrogens with zero attached hydrogens (tertiary/aromatic N) is 1. The summed E-state index contributed by atoms with van der Waals surface area (Å²) in [4.78, 5) is 24.9. The van der Waals surface area contributed by atoms with E-state index in [9.17, 15) is 9.59 Å². The van der Waals surface area contributed by atoms with Gasteiger partial charge in [-0.15, -0.1) is 0 Å². The molecule has 2 amide bonds. The largest absolute Gasteiger partial charge is 0.333 e. The Bertz CT molecular complexity index is 488. The van der Waals surface area contributed by atoms with Gasteiger partial charge in [0.1, 0.15) is 0 Å². The first-order chi connectivity index (χ1) is 8.56. The van der Waals surface area contributed by atoms with Crippen molar-refractivity contribution in [1.29, 1.82) is 0 Å². The first-order valence-electron chi connectivity index (χ1n) is 5.90. The van der Waals surface area contributed by atoms with Crippen LogP contribution in [0.2, 0.25) is 0 Å². The number of aryl methyl sites for hydroxylation is 1. The first-order valence-corrected chi connectivity index (χ1v) is 6.69. The van der Waals surface area contributed by atoms with E-state index in [4.69, 9.17) is 0 Å². The molecule has 1 fully saturated rings. The molecule has 0 atom stereocenters. The fourth-order valence-electron chi connectivity index (χ4n) is 1.97. The molecule has 1 heterocycles. The third-order valence-corrected chi connectivity index (χ3v) is 3.59. The number of carbonyl (C=O) groups is 2. The zero-order valence-corrected chi connectivity index (χ0v) is 11.8. The Hall–Kier alpha value is -1.36. The highest BCUT2D eigenvalue weighted by molar-refractivity contribution is 9.10. The Balaban J connectivity index is 1.98. The van der Waals surface area contributed by atoms with E-state index in [2.05, 4.69) is 21.2 Å². The van der Waals surface area contributed by atoms with Crippen LogP contribution in [0.4, 0.5) is 5.69 Å². The molecule has 0 unspecified atom stereocenters. The minimum Gasteiger partial charge on any atom is -0.333 e. The molecule has 4 nitrogen and oxygen atoms in total. The number of amides is 2. The van der Waals surface area contributed by atoms with Crippen molar-refractivity contribution in [2.75, 3.05) is 18.4 Å². The Kier molecular flexibility index (Phi) is 4.01. The highest BCUT2D eigenvalue weighted by Gasteiger charge is 2.22.